The Morgan fingerprint density at radius 3 is 2.30 bits per heavy atom. The van der Waals surface area contributed by atoms with Crippen molar-refractivity contribution in [3.63, 3.8) is 0 Å². The minimum Gasteiger partial charge on any atom is -0.382 e. The third-order valence-corrected chi connectivity index (χ3v) is 1.20. The van der Waals surface area contributed by atoms with E-state index in [2.05, 4.69) is 18.8 Å². The third kappa shape index (κ3) is 3.28. The Hall–Kier alpha value is -0.790. The number of nitrogens with one attached hydrogen (secondary N) is 1. The van der Waals surface area contributed by atoms with Crippen molar-refractivity contribution in [3.8, 4) is 0 Å². The molecule has 0 aromatic rings. The van der Waals surface area contributed by atoms with Gasteiger partial charge in [0.2, 0.25) is 0 Å². The summed E-state index contributed by atoms with van der Waals surface area (Å²) in [6.07, 6.45) is 0.572. The van der Waals surface area contributed by atoms with E-state index in [1.807, 2.05) is 6.92 Å². The highest BCUT2D eigenvalue weighted by atomic mass is 16.1. The molecule has 0 aliphatic carbocycles. The normalized spacial score (nSPS) is 12.3. The summed E-state index contributed by atoms with van der Waals surface area (Å²) in [5.74, 6) is 0.109. The molecule has 1 unspecified atom stereocenters. The second-order valence-electron chi connectivity index (χ2n) is 2.38. The summed E-state index contributed by atoms with van der Waals surface area (Å²) < 4.78 is 0. The third-order valence-electron chi connectivity index (χ3n) is 1.20. The van der Waals surface area contributed by atoms with Gasteiger partial charge in [-0.1, -0.05) is 6.58 Å². The van der Waals surface area contributed by atoms with E-state index < -0.39 is 0 Å². The molecule has 1 N–H and O–H groups in total. The molecule has 0 aliphatic heterocycles. The number of allylic oxidation sites excluding steroid dienone is 1. The highest BCUT2D eigenvalue weighted by Crippen LogP contribution is 1.94. The second-order valence-corrected chi connectivity index (χ2v) is 2.38. The lowest BCUT2D eigenvalue weighted by molar-refractivity contribution is -0.118. The van der Waals surface area contributed by atoms with Crippen molar-refractivity contribution < 1.29 is 4.79 Å². The van der Waals surface area contributed by atoms with Gasteiger partial charge >= 0.3 is 0 Å². The van der Waals surface area contributed by atoms with Crippen molar-refractivity contribution in [2.24, 2.45) is 0 Å². The van der Waals surface area contributed by atoms with Gasteiger partial charge < -0.3 is 12.2 Å². The van der Waals surface area contributed by atoms with Crippen LogP contribution in [0.4, 0.5) is 0 Å². The van der Waals surface area contributed by atoms with Crippen LogP contribution in [0.1, 0.15) is 20.3 Å². The Morgan fingerprint density at radius 1 is 1.70 bits per heavy atom. The largest absolute Gasteiger partial charge is 0.382 e. The summed E-state index contributed by atoms with van der Waals surface area (Å²) in [7, 11) is 0. The van der Waals surface area contributed by atoms with Crippen LogP contribution in [0.5, 0.6) is 0 Å². The lowest BCUT2D eigenvalue weighted by Gasteiger charge is -2.17. The molecule has 0 heterocycles. The molecule has 2 heteroatoms. The Morgan fingerprint density at radius 2 is 2.20 bits per heavy atom. The van der Waals surface area contributed by atoms with Gasteiger partial charge in [-0.25, -0.2) is 0 Å². The first-order valence-corrected chi connectivity index (χ1v) is 3.29. The summed E-state index contributed by atoms with van der Waals surface area (Å²) in [4.78, 5) is 10.8. The predicted molar refractivity (Wildman–Crippen MR) is 42.4 cm³/mol. The first-order chi connectivity index (χ1) is 4.57. The van der Waals surface area contributed by atoms with Gasteiger partial charge in [-0.05, 0) is 13.8 Å². The Labute approximate surface area is 62.3 Å². The minimum atomic E-state index is -0.155. The lowest BCUT2D eigenvalue weighted by atomic mass is 10.1. The number of ketones is 1. The van der Waals surface area contributed by atoms with E-state index in [1.54, 1.807) is 6.92 Å². The smallest absolute Gasteiger partial charge is 0.149 e. The number of rotatable bonds is 4. The molecule has 0 aliphatic rings. The quantitative estimate of drug-likeness (QED) is 0.596. The van der Waals surface area contributed by atoms with Gasteiger partial charge in [0.15, 0.2) is 0 Å². The van der Waals surface area contributed by atoms with Gasteiger partial charge in [0.25, 0.3) is 0 Å². The van der Waals surface area contributed by atoms with Crippen molar-refractivity contribution >= 4 is 5.78 Å². The summed E-state index contributed by atoms with van der Waals surface area (Å²) in [6.45, 7) is 10.6. The summed E-state index contributed by atoms with van der Waals surface area (Å²) >= 11 is 0. The van der Waals surface area contributed by atoms with Crippen LogP contribution in [-0.2, 0) is 4.79 Å². The summed E-state index contributed by atoms with van der Waals surface area (Å²) in [6, 6.07) is -0.155. The molecule has 0 aromatic heterocycles. The molecule has 0 saturated heterocycles. The Kier molecular flexibility index (Phi) is 3.77. The van der Waals surface area contributed by atoms with Crippen LogP contribution in [0.25, 0.3) is 0 Å². The average molecular weight is 140 g/mol. The maximum Gasteiger partial charge on any atom is 0.149 e. The first kappa shape index (κ1) is 9.21. The van der Waals surface area contributed by atoms with Crippen LogP contribution in [-0.4, -0.2) is 11.8 Å². The molecule has 0 aromatic carbocycles. The molecule has 0 spiro atoms. The molecule has 0 fully saturated rings. The molecule has 0 rings (SSSR count). The molecule has 2 nitrogen and oxygen atoms in total. The van der Waals surface area contributed by atoms with E-state index in [-0.39, 0.29) is 11.8 Å². The van der Waals surface area contributed by atoms with Gasteiger partial charge in [0, 0.05) is 5.70 Å². The topological polar surface area (TPSA) is 29.1 Å². The molecule has 0 amide bonds. The standard InChI is InChI=1S/C8H14NO/c1-5-8(7(4)10)9-6(2)3/h8-9H,1-2,5H2,3-4H3/q-1. The van der Waals surface area contributed by atoms with Crippen LogP contribution in [0, 0.1) is 6.92 Å². The molecule has 1 atom stereocenters. The zero-order valence-corrected chi connectivity index (χ0v) is 6.61. The molecule has 0 radical (unpaired) electrons. The maximum absolute atomic E-state index is 10.8. The van der Waals surface area contributed by atoms with Crippen LogP contribution in [0.3, 0.4) is 0 Å². The average Bonchev–Trinajstić information content (AvgIpc) is 1.81. The molecule has 10 heavy (non-hydrogen) atoms. The van der Waals surface area contributed by atoms with Crippen LogP contribution in [0.2, 0.25) is 0 Å². The SMILES string of the molecule is C=C(C)NC(C[CH2-])C(C)=O. The van der Waals surface area contributed by atoms with Crippen molar-refractivity contribution in [2.75, 3.05) is 0 Å². The lowest BCUT2D eigenvalue weighted by Crippen LogP contribution is -2.32. The van der Waals surface area contributed by atoms with E-state index in [1.165, 1.54) is 0 Å². The zero-order valence-electron chi connectivity index (χ0n) is 6.61. The number of carbonyl (C=O) groups excluding carboxylic acids is 1. The Bertz CT molecular complexity index is 140. The van der Waals surface area contributed by atoms with E-state index in [4.69, 9.17) is 0 Å². The molecular weight excluding hydrogens is 126 g/mol. The minimum absolute atomic E-state index is 0.109. The van der Waals surface area contributed by atoms with E-state index in [9.17, 15) is 4.79 Å². The molecule has 0 saturated carbocycles. The first-order valence-electron chi connectivity index (χ1n) is 3.29. The summed E-state index contributed by atoms with van der Waals surface area (Å²) in [5.41, 5.74) is 0.809. The maximum atomic E-state index is 10.8. The van der Waals surface area contributed by atoms with Gasteiger partial charge in [0.05, 0.1) is 6.04 Å². The fourth-order valence-corrected chi connectivity index (χ4v) is 0.674. The number of hydrogen-bond donors (Lipinski definition) is 1. The number of Topliss-reactive ketones (excluding diaryl/α,β-unsaturated/α-hetero) is 1. The molecule has 58 valence electrons. The van der Waals surface area contributed by atoms with Crippen molar-refractivity contribution in [3.05, 3.63) is 19.2 Å². The highest BCUT2D eigenvalue weighted by Gasteiger charge is 2.05. The van der Waals surface area contributed by atoms with Gasteiger partial charge in [0.1, 0.15) is 5.78 Å². The highest BCUT2D eigenvalue weighted by molar-refractivity contribution is 5.81. The van der Waals surface area contributed by atoms with Crippen LogP contribution in [0.15, 0.2) is 12.3 Å². The van der Waals surface area contributed by atoms with Crippen molar-refractivity contribution in [1.29, 1.82) is 0 Å². The van der Waals surface area contributed by atoms with Crippen molar-refractivity contribution in [1.82, 2.24) is 5.32 Å². The monoisotopic (exact) mass is 140 g/mol. The van der Waals surface area contributed by atoms with Crippen molar-refractivity contribution in [2.45, 2.75) is 26.3 Å². The molecular formula is C8H14NO-. The fourth-order valence-electron chi connectivity index (χ4n) is 0.674. The predicted octanol–water partition coefficient (Wildman–Crippen LogP) is 1.29. The van der Waals surface area contributed by atoms with Crippen LogP contribution < -0.4 is 5.32 Å². The van der Waals surface area contributed by atoms with E-state index >= 15 is 0 Å². The zero-order chi connectivity index (χ0) is 8.15. The van der Waals surface area contributed by atoms with E-state index in [0.717, 1.165) is 5.70 Å². The fraction of sp³-hybridized carbons (Fsp3) is 0.500. The number of hydrogen-bond acceptors (Lipinski definition) is 2. The second kappa shape index (κ2) is 4.09. The van der Waals surface area contributed by atoms with E-state index in [0.29, 0.717) is 6.42 Å². The number of carbonyl (C=O) groups is 1. The molecule has 0 bridgehead atoms. The van der Waals surface area contributed by atoms with Gasteiger partial charge in [-0.15, -0.1) is 0 Å². The Balaban J connectivity index is 3.83. The van der Waals surface area contributed by atoms with Gasteiger partial charge in [-0.3, -0.25) is 4.79 Å². The van der Waals surface area contributed by atoms with Crippen LogP contribution >= 0.6 is 0 Å². The van der Waals surface area contributed by atoms with Gasteiger partial charge in [-0.2, -0.15) is 6.42 Å². The summed E-state index contributed by atoms with van der Waals surface area (Å²) in [5, 5.41) is 2.92.